The van der Waals surface area contributed by atoms with Crippen LogP contribution in [-0.4, -0.2) is 14.3 Å². The van der Waals surface area contributed by atoms with Crippen molar-refractivity contribution >= 4 is 21.6 Å². The van der Waals surface area contributed by atoms with Crippen LogP contribution >= 0.6 is 0 Å². The molecule has 6 nitrogen and oxygen atoms in total. The molecule has 3 aromatic carbocycles. The Bertz CT molecular complexity index is 1230. The smallest absolute Gasteiger partial charge is 0.240 e. The molecule has 9 heteroatoms. The Morgan fingerprint density at radius 3 is 2.35 bits per heavy atom. The third-order valence-corrected chi connectivity index (χ3v) is 5.75. The van der Waals surface area contributed by atoms with Gasteiger partial charge in [0.05, 0.1) is 4.90 Å². The maximum atomic E-state index is 14.4. The molecule has 0 saturated heterocycles. The van der Waals surface area contributed by atoms with Gasteiger partial charge in [-0.1, -0.05) is 24.3 Å². The standard InChI is InChI=1S/C22H20F2N2O4S/c1-14-7-9-17(12-20(14)26-15(2)27)31(28,29)25-13-16-8-10-22(19(24)11-16)30-21-6-4-3-5-18(21)23/h3-12,25H,13H2,1-2H3,(H,26,27). The van der Waals surface area contributed by atoms with Crippen LogP contribution in [-0.2, 0) is 21.4 Å². The quantitative estimate of drug-likeness (QED) is 0.560. The second-order valence-corrected chi connectivity index (χ2v) is 8.55. The minimum absolute atomic E-state index is 0.0400. The van der Waals surface area contributed by atoms with Crippen molar-refractivity contribution in [3.8, 4) is 11.5 Å². The molecule has 0 aromatic heterocycles. The second-order valence-electron chi connectivity index (χ2n) is 6.78. The van der Waals surface area contributed by atoms with Crippen LogP contribution in [0.2, 0.25) is 0 Å². The molecule has 1 amide bonds. The number of amides is 1. The molecule has 0 aliphatic heterocycles. The third-order valence-electron chi connectivity index (χ3n) is 4.35. The molecule has 31 heavy (non-hydrogen) atoms. The minimum Gasteiger partial charge on any atom is -0.451 e. The zero-order valence-corrected chi connectivity index (χ0v) is 17.6. The number of carbonyl (C=O) groups is 1. The van der Waals surface area contributed by atoms with Gasteiger partial charge in [0.25, 0.3) is 0 Å². The van der Waals surface area contributed by atoms with Gasteiger partial charge in [-0.25, -0.2) is 21.9 Å². The molecule has 3 aromatic rings. The van der Waals surface area contributed by atoms with Gasteiger partial charge in [-0.15, -0.1) is 0 Å². The summed E-state index contributed by atoms with van der Waals surface area (Å²) in [6.07, 6.45) is 0. The van der Waals surface area contributed by atoms with Gasteiger partial charge in [0.15, 0.2) is 23.1 Å². The minimum atomic E-state index is -3.92. The van der Waals surface area contributed by atoms with Gasteiger partial charge in [0.1, 0.15) is 0 Å². The van der Waals surface area contributed by atoms with E-state index in [0.29, 0.717) is 16.8 Å². The van der Waals surface area contributed by atoms with Crippen LogP contribution in [0.25, 0.3) is 0 Å². The maximum absolute atomic E-state index is 14.4. The molecule has 0 aliphatic rings. The number of hydrogen-bond donors (Lipinski definition) is 2. The van der Waals surface area contributed by atoms with Crippen LogP contribution in [0.15, 0.2) is 65.6 Å². The van der Waals surface area contributed by atoms with Gasteiger partial charge < -0.3 is 10.1 Å². The van der Waals surface area contributed by atoms with Crippen LogP contribution in [0.1, 0.15) is 18.1 Å². The van der Waals surface area contributed by atoms with Gasteiger partial charge >= 0.3 is 0 Å². The van der Waals surface area contributed by atoms with Crippen molar-refractivity contribution in [2.45, 2.75) is 25.3 Å². The van der Waals surface area contributed by atoms with E-state index in [1.165, 1.54) is 49.4 Å². The first-order valence-corrected chi connectivity index (χ1v) is 10.7. The Balaban J connectivity index is 1.73. The number of nitrogens with one attached hydrogen (secondary N) is 2. The summed E-state index contributed by atoms with van der Waals surface area (Å²) in [6.45, 7) is 2.89. The molecule has 0 saturated carbocycles. The van der Waals surface area contributed by atoms with E-state index < -0.39 is 21.7 Å². The molecule has 0 spiro atoms. The highest BCUT2D eigenvalue weighted by atomic mass is 32.2. The van der Waals surface area contributed by atoms with Crippen molar-refractivity contribution in [1.29, 1.82) is 0 Å². The van der Waals surface area contributed by atoms with Crippen LogP contribution in [0.5, 0.6) is 11.5 Å². The van der Waals surface area contributed by atoms with Gasteiger partial charge in [0.2, 0.25) is 15.9 Å². The first-order chi connectivity index (χ1) is 14.7. The highest BCUT2D eigenvalue weighted by Gasteiger charge is 2.16. The number of ether oxygens (including phenoxy) is 1. The zero-order valence-electron chi connectivity index (χ0n) is 16.8. The molecule has 2 N–H and O–H groups in total. The molecule has 162 valence electrons. The molecule has 0 unspecified atom stereocenters. The number of para-hydroxylation sites is 1. The highest BCUT2D eigenvalue weighted by molar-refractivity contribution is 7.89. The largest absolute Gasteiger partial charge is 0.451 e. The summed E-state index contributed by atoms with van der Waals surface area (Å²) < 4.78 is 60.9. The monoisotopic (exact) mass is 446 g/mol. The number of carbonyl (C=O) groups excluding carboxylic acids is 1. The molecular weight excluding hydrogens is 426 g/mol. The highest BCUT2D eigenvalue weighted by Crippen LogP contribution is 2.27. The van der Waals surface area contributed by atoms with Gasteiger partial charge in [-0.3, -0.25) is 4.79 Å². The molecule has 0 atom stereocenters. The summed E-state index contributed by atoms with van der Waals surface area (Å²) >= 11 is 0. The second kappa shape index (κ2) is 9.23. The summed E-state index contributed by atoms with van der Waals surface area (Å²) in [4.78, 5) is 11.2. The molecule has 0 heterocycles. The predicted molar refractivity (Wildman–Crippen MR) is 112 cm³/mol. The van der Waals surface area contributed by atoms with E-state index in [4.69, 9.17) is 4.74 Å². The summed E-state index contributed by atoms with van der Waals surface area (Å²) in [6, 6.07) is 13.8. The maximum Gasteiger partial charge on any atom is 0.240 e. The lowest BCUT2D eigenvalue weighted by atomic mass is 10.2. The number of halogens is 2. The number of sulfonamides is 1. The lowest BCUT2D eigenvalue weighted by Crippen LogP contribution is -2.23. The Kier molecular flexibility index (Phi) is 6.67. The van der Waals surface area contributed by atoms with E-state index >= 15 is 0 Å². The number of aryl methyl sites for hydroxylation is 1. The van der Waals surface area contributed by atoms with Crippen molar-refractivity contribution in [2.75, 3.05) is 5.32 Å². The number of hydrogen-bond acceptors (Lipinski definition) is 4. The third kappa shape index (κ3) is 5.65. The molecule has 0 aliphatic carbocycles. The number of anilines is 1. The van der Waals surface area contributed by atoms with Gasteiger partial charge in [0, 0.05) is 19.2 Å². The van der Waals surface area contributed by atoms with Crippen LogP contribution < -0.4 is 14.8 Å². The summed E-state index contributed by atoms with van der Waals surface area (Å²) in [7, 11) is -3.92. The SMILES string of the molecule is CC(=O)Nc1cc(S(=O)(=O)NCc2ccc(Oc3ccccc3F)c(F)c2)ccc1C. The van der Waals surface area contributed by atoms with Gasteiger partial charge in [-0.05, 0) is 54.4 Å². The Labute approximate surface area is 178 Å². The van der Waals surface area contributed by atoms with Crippen LogP contribution in [0.3, 0.4) is 0 Å². The topological polar surface area (TPSA) is 84.5 Å². The average molecular weight is 446 g/mol. The summed E-state index contributed by atoms with van der Waals surface area (Å²) in [5.74, 6) is -2.02. The van der Waals surface area contributed by atoms with E-state index in [0.717, 1.165) is 6.07 Å². The normalized spacial score (nSPS) is 11.2. The fraction of sp³-hybridized carbons (Fsp3) is 0.136. The lowest BCUT2D eigenvalue weighted by Gasteiger charge is -2.12. The van der Waals surface area contributed by atoms with Gasteiger partial charge in [-0.2, -0.15) is 0 Å². The van der Waals surface area contributed by atoms with E-state index in [2.05, 4.69) is 10.0 Å². The molecule has 0 fully saturated rings. The molecular formula is C22H20F2N2O4S. The zero-order chi connectivity index (χ0) is 22.6. The molecule has 3 rings (SSSR count). The summed E-state index contributed by atoms with van der Waals surface area (Å²) in [5, 5.41) is 2.58. The van der Waals surface area contributed by atoms with Crippen molar-refractivity contribution < 1.29 is 26.7 Å². The Morgan fingerprint density at radius 2 is 1.68 bits per heavy atom. The fourth-order valence-electron chi connectivity index (χ4n) is 2.74. The Hall–Kier alpha value is -3.30. The average Bonchev–Trinajstić information content (AvgIpc) is 2.71. The fourth-order valence-corrected chi connectivity index (χ4v) is 3.78. The predicted octanol–water partition coefficient (Wildman–Crippen LogP) is 4.50. The van der Waals surface area contributed by atoms with Crippen molar-refractivity contribution in [1.82, 2.24) is 4.72 Å². The van der Waals surface area contributed by atoms with Crippen molar-refractivity contribution in [3.05, 3.63) is 83.4 Å². The number of benzene rings is 3. The first-order valence-electron chi connectivity index (χ1n) is 9.24. The molecule has 0 radical (unpaired) electrons. The summed E-state index contributed by atoms with van der Waals surface area (Å²) in [5.41, 5.74) is 1.44. The number of rotatable bonds is 7. The van der Waals surface area contributed by atoms with E-state index in [1.807, 2.05) is 0 Å². The van der Waals surface area contributed by atoms with E-state index in [-0.39, 0.29) is 28.8 Å². The molecule has 0 bridgehead atoms. The Morgan fingerprint density at radius 1 is 0.968 bits per heavy atom. The van der Waals surface area contributed by atoms with Crippen molar-refractivity contribution in [2.24, 2.45) is 0 Å². The van der Waals surface area contributed by atoms with Crippen molar-refractivity contribution in [3.63, 3.8) is 0 Å². The lowest BCUT2D eigenvalue weighted by molar-refractivity contribution is -0.114. The van der Waals surface area contributed by atoms with E-state index in [1.54, 1.807) is 19.1 Å². The van der Waals surface area contributed by atoms with E-state index in [9.17, 15) is 22.0 Å². The van der Waals surface area contributed by atoms with Crippen LogP contribution in [0.4, 0.5) is 14.5 Å². The first kappa shape index (κ1) is 22.4. The van der Waals surface area contributed by atoms with Crippen LogP contribution in [0, 0.1) is 18.6 Å².